The lowest BCUT2D eigenvalue weighted by Gasteiger charge is -2.23. The zero-order valence-electron chi connectivity index (χ0n) is 7.79. The minimum Gasteiger partial charge on any atom is -0.396 e. The second kappa shape index (κ2) is 3.40. The van der Waals surface area contributed by atoms with E-state index in [1.54, 1.807) is 11.3 Å². The lowest BCUT2D eigenvalue weighted by Crippen LogP contribution is -2.28. The van der Waals surface area contributed by atoms with Crippen LogP contribution in [-0.2, 0) is 0 Å². The average Bonchev–Trinajstić information content (AvgIpc) is 2.75. The van der Waals surface area contributed by atoms with Crippen LogP contribution in [0.2, 0.25) is 0 Å². The summed E-state index contributed by atoms with van der Waals surface area (Å²) in [6.07, 6.45) is 2.29. The standard InChI is InChI=1S/C10H15NOS/c1-11-9(8-3-2-6-13-8)10(7-12)4-5-10/h2-3,6,9,11-12H,4-5,7H2,1H3. The van der Waals surface area contributed by atoms with E-state index in [-0.39, 0.29) is 5.41 Å². The Hall–Kier alpha value is -0.380. The van der Waals surface area contributed by atoms with Crippen LogP contribution < -0.4 is 5.32 Å². The molecule has 1 saturated carbocycles. The minimum atomic E-state index is 0.138. The molecule has 1 unspecified atom stereocenters. The summed E-state index contributed by atoms with van der Waals surface area (Å²) in [5.41, 5.74) is 0.138. The molecule has 1 heterocycles. The number of aliphatic hydroxyl groups excluding tert-OH is 1. The molecule has 0 amide bonds. The fraction of sp³-hybridized carbons (Fsp3) is 0.600. The van der Waals surface area contributed by atoms with E-state index in [0.29, 0.717) is 12.6 Å². The number of thiophene rings is 1. The van der Waals surface area contributed by atoms with Gasteiger partial charge in [0.25, 0.3) is 0 Å². The van der Waals surface area contributed by atoms with Crippen molar-refractivity contribution in [2.45, 2.75) is 18.9 Å². The second-order valence-corrected chi connectivity index (χ2v) is 4.74. The van der Waals surface area contributed by atoms with Crippen molar-refractivity contribution in [3.63, 3.8) is 0 Å². The number of aliphatic hydroxyl groups is 1. The highest BCUT2D eigenvalue weighted by atomic mass is 32.1. The Morgan fingerprint density at radius 3 is 2.85 bits per heavy atom. The smallest absolute Gasteiger partial charge is 0.0505 e. The Morgan fingerprint density at radius 2 is 2.46 bits per heavy atom. The van der Waals surface area contributed by atoms with Crippen LogP contribution in [0.1, 0.15) is 23.8 Å². The quantitative estimate of drug-likeness (QED) is 0.771. The Balaban J connectivity index is 2.19. The molecule has 13 heavy (non-hydrogen) atoms. The minimum absolute atomic E-state index is 0.138. The lowest BCUT2D eigenvalue weighted by molar-refractivity contribution is 0.177. The predicted octanol–water partition coefficient (Wildman–Crippen LogP) is 1.78. The Bertz CT molecular complexity index is 266. The zero-order valence-corrected chi connectivity index (χ0v) is 8.60. The number of rotatable bonds is 4. The average molecular weight is 197 g/mol. The number of hydrogen-bond donors (Lipinski definition) is 2. The zero-order chi connectivity index (χ0) is 9.31. The first kappa shape index (κ1) is 9.19. The van der Waals surface area contributed by atoms with Gasteiger partial charge in [-0.15, -0.1) is 11.3 Å². The first-order valence-corrected chi connectivity index (χ1v) is 5.52. The van der Waals surface area contributed by atoms with Crippen LogP contribution in [0.5, 0.6) is 0 Å². The molecule has 1 aliphatic rings. The van der Waals surface area contributed by atoms with Gasteiger partial charge in [0.15, 0.2) is 0 Å². The molecule has 1 aliphatic carbocycles. The summed E-state index contributed by atoms with van der Waals surface area (Å²) in [5, 5.41) is 14.7. The molecule has 0 saturated heterocycles. The van der Waals surface area contributed by atoms with Crippen LogP contribution in [0.4, 0.5) is 0 Å². The summed E-state index contributed by atoms with van der Waals surface area (Å²) in [4.78, 5) is 1.34. The lowest BCUT2D eigenvalue weighted by atomic mass is 9.96. The summed E-state index contributed by atoms with van der Waals surface area (Å²) >= 11 is 1.76. The molecule has 0 bridgehead atoms. The first-order chi connectivity index (χ1) is 6.32. The third kappa shape index (κ3) is 1.52. The van der Waals surface area contributed by atoms with Crippen molar-refractivity contribution in [2.75, 3.05) is 13.7 Å². The second-order valence-electron chi connectivity index (χ2n) is 3.76. The Labute approximate surface area is 82.6 Å². The predicted molar refractivity (Wildman–Crippen MR) is 54.9 cm³/mol. The molecule has 1 fully saturated rings. The van der Waals surface area contributed by atoms with Crippen molar-refractivity contribution in [1.29, 1.82) is 0 Å². The maximum atomic E-state index is 9.32. The number of hydrogen-bond acceptors (Lipinski definition) is 3. The van der Waals surface area contributed by atoms with E-state index in [4.69, 9.17) is 0 Å². The van der Waals surface area contributed by atoms with Gasteiger partial charge in [0.05, 0.1) is 6.61 Å². The Kier molecular flexibility index (Phi) is 2.41. The van der Waals surface area contributed by atoms with Crippen LogP contribution in [0.3, 0.4) is 0 Å². The van der Waals surface area contributed by atoms with Crippen LogP contribution in [-0.4, -0.2) is 18.8 Å². The van der Waals surface area contributed by atoms with Gasteiger partial charge in [0, 0.05) is 16.3 Å². The molecule has 2 rings (SSSR count). The summed E-state index contributed by atoms with van der Waals surface area (Å²) in [6.45, 7) is 0.302. The van der Waals surface area contributed by atoms with Crippen molar-refractivity contribution >= 4 is 11.3 Å². The van der Waals surface area contributed by atoms with E-state index in [9.17, 15) is 5.11 Å². The summed E-state index contributed by atoms with van der Waals surface area (Å²) < 4.78 is 0. The molecule has 1 aromatic heterocycles. The summed E-state index contributed by atoms with van der Waals surface area (Å²) in [5.74, 6) is 0. The van der Waals surface area contributed by atoms with Crippen molar-refractivity contribution in [3.8, 4) is 0 Å². The molecule has 2 N–H and O–H groups in total. The SMILES string of the molecule is CNC(c1cccs1)C1(CO)CC1. The van der Waals surface area contributed by atoms with Gasteiger partial charge in [0.1, 0.15) is 0 Å². The van der Waals surface area contributed by atoms with Crippen LogP contribution >= 0.6 is 11.3 Å². The van der Waals surface area contributed by atoms with Gasteiger partial charge < -0.3 is 10.4 Å². The molecule has 0 aliphatic heterocycles. The van der Waals surface area contributed by atoms with Crippen molar-refractivity contribution in [3.05, 3.63) is 22.4 Å². The highest BCUT2D eigenvalue weighted by Crippen LogP contribution is 2.54. The van der Waals surface area contributed by atoms with Gasteiger partial charge in [-0.2, -0.15) is 0 Å². The maximum Gasteiger partial charge on any atom is 0.0505 e. The fourth-order valence-corrected chi connectivity index (χ4v) is 2.88. The van der Waals surface area contributed by atoms with Crippen LogP contribution in [0.25, 0.3) is 0 Å². The monoisotopic (exact) mass is 197 g/mol. The molecule has 2 nitrogen and oxygen atoms in total. The van der Waals surface area contributed by atoms with Gasteiger partial charge in [-0.1, -0.05) is 6.07 Å². The maximum absolute atomic E-state index is 9.32. The van der Waals surface area contributed by atoms with E-state index in [2.05, 4.69) is 22.8 Å². The first-order valence-electron chi connectivity index (χ1n) is 4.64. The van der Waals surface area contributed by atoms with Gasteiger partial charge in [-0.25, -0.2) is 0 Å². The highest BCUT2D eigenvalue weighted by Gasteiger charge is 2.49. The van der Waals surface area contributed by atoms with Crippen molar-refractivity contribution in [1.82, 2.24) is 5.32 Å². The third-order valence-corrected chi connectivity index (χ3v) is 3.87. The van der Waals surface area contributed by atoms with E-state index < -0.39 is 0 Å². The molecule has 0 radical (unpaired) electrons. The van der Waals surface area contributed by atoms with Gasteiger partial charge in [0.2, 0.25) is 0 Å². The summed E-state index contributed by atoms with van der Waals surface area (Å²) in [7, 11) is 1.97. The Morgan fingerprint density at radius 1 is 1.69 bits per heavy atom. The van der Waals surface area contributed by atoms with Crippen molar-refractivity contribution in [2.24, 2.45) is 5.41 Å². The van der Waals surface area contributed by atoms with Crippen LogP contribution in [0.15, 0.2) is 17.5 Å². The summed E-state index contributed by atoms with van der Waals surface area (Å²) in [6, 6.07) is 4.55. The normalized spacial score (nSPS) is 21.4. The largest absolute Gasteiger partial charge is 0.396 e. The molecule has 72 valence electrons. The van der Waals surface area contributed by atoms with Gasteiger partial charge in [-0.3, -0.25) is 0 Å². The molecule has 0 aromatic carbocycles. The van der Waals surface area contributed by atoms with Crippen LogP contribution in [0, 0.1) is 5.41 Å². The van der Waals surface area contributed by atoms with Gasteiger partial charge in [-0.05, 0) is 31.3 Å². The van der Waals surface area contributed by atoms with E-state index in [1.807, 2.05) is 7.05 Å². The van der Waals surface area contributed by atoms with E-state index >= 15 is 0 Å². The highest BCUT2D eigenvalue weighted by molar-refractivity contribution is 7.10. The van der Waals surface area contributed by atoms with Gasteiger partial charge >= 0.3 is 0 Å². The molecular formula is C10H15NOS. The van der Waals surface area contributed by atoms with E-state index in [0.717, 1.165) is 12.8 Å². The molecular weight excluding hydrogens is 182 g/mol. The third-order valence-electron chi connectivity index (χ3n) is 2.94. The molecule has 0 spiro atoms. The molecule has 1 aromatic rings. The van der Waals surface area contributed by atoms with Crippen molar-refractivity contribution < 1.29 is 5.11 Å². The topological polar surface area (TPSA) is 32.3 Å². The van der Waals surface area contributed by atoms with E-state index in [1.165, 1.54) is 4.88 Å². The fourth-order valence-electron chi connectivity index (χ4n) is 1.90. The molecule has 3 heteroatoms. The molecule has 1 atom stereocenters. The number of nitrogens with one attached hydrogen (secondary N) is 1.